The average Bonchev–Trinajstić information content (AvgIpc) is 1.88. The molecule has 0 heterocycles. The van der Waals surface area contributed by atoms with Crippen LogP contribution in [0.1, 0.15) is 32.1 Å². The summed E-state index contributed by atoms with van der Waals surface area (Å²) in [5.74, 6) is 0. The van der Waals surface area contributed by atoms with Crippen molar-refractivity contribution in [2.24, 2.45) is 0 Å². The minimum absolute atomic E-state index is 0.299. The fraction of sp³-hybridized carbons (Fsp3) is 0.857. The topological polar surface area (TPSA) is 29.1 Å². The summed E-state index contributed by atoms with van der Waals surface area (Å²) in [4.78, 5) is 10.4. The molecule has 0 aliphatic heterocycles. The molecule has 1 saturated carbocycles. The van der Waals surface area contributed by atoms with E-state index in [-0.39, 0.29) is 5.24 Å². The van der Waals surface area contributed by atoms with Gasteiger partial charge in [-0.15, -0.1) is 0 Å². The molecule has 1 radical (unpaired) electrons. The van der Waals surface area contributed by atoms with Crippen molar-refractivity contribution in [3.8, 4) is 0 Å². The van der Waals surface area contributed by atoms with Gasteiger partial charge in [-0.2, -0.15) is 0 Å². The quantitative estimate of drug-likeness (QED) is 0.623. The molecule has 10 heavy (non-hydrogen) atoms. The minimum atomic E-state index is -0.299. The van der Waals surface area contributed by atoms with E-state index in [0.29, 0.717) is 6.04 Å². The third-order valence-electron chi connectivity index (χ3n) is 1.93. The molecule has 0 atom stereocenters. The molecular formula is C7H12NOS. The first kappa shape index (κ1) is 7.79. The number of carbonyl (C=O) groups excluding carboxylic acids is 1. The largest absolute Gasteiger partial charge is 0.340 e. The van der Waals surface area contributed by atoms with E-state index >= 15 is 0 Å². The van der Waals surface area contributed by atoms with Gasteiger partial charge in [-0.3, -0.25) is 4.79 Å². The smallest absolute Gasteiger partial charge is 0.310 e. The average molecular weight is 158 g/mol. The van der Waals surface area contributed by atoms with Gasteiger partial charge in [0.2, 0.25) is 0 Å². The molecule has 2 nitrogen and oxygen atoms in total. The van der Waals surface area contributed by atoms with Crippen LogP contribution in [-0.2, 0) is 0 Å². The van der Waals surface area contributed by atoms with E-state index in [4.69, 9.17) is 0 Å². The number of hydrogen-bond donors (Lipinski definition) is 1. The number of nitrogens with one attached hydrogen (secondary N) is 1. The van der Waals surface area contributed by atoms with E-state index in [1.54, 1.807) is 0 Å². The van der Waals surface area contributed by atoms with Gasteiger partial charge in [-0.25, -0.2) is 0 Å². The highest BCUT2D eigenvalue weighted by Crippen LogP contribution is 2.17. The zero-order chi connectivity index (χ0) is 7.40. The number of carbonyl (C=O) groups is 1. The second-order valence-corrected chi connectivity index (χ2v) is 3.14. The van der Waals surface area contributed by atoms with Gasteiger partial charge in [0.25, 0.3) is 0 Å². The number of amides is 1. The van der Waals surface area contributed by atoms with Gasteiger partial charge in [0.1, 0.15) is 0 Å². The van der Waals surface area contributed by atoms with E-state index in [0.717, 1.165) is 12.8 Å². The molecule has 1 aliphatic carbocycles. The zero-order valence-electron chi connectivity index (χ0n) is 5.93. The molecule has 1 amide bonds. The van der Waals surface area contributed by atoms with Crippen molar-refractivity contribution in [3.05, 3.63) is 0 Å². The first-order valence-corrected chi connectivity index (χ1v) is 4.17. The molecule has 0 spiro atoms. The summed E-state index contributed by atoms with van der Waals surface area (Å²) in [6.45, 7) is 0. The van der Waals surface area contributed by atoms with Gasteiger partial charge in [0, 0.05) is 6.04 Å². The van der Waals surface area contributed by atoms with E-state index in [1.807, 2.05) is 0 Å². The Morgan fingerprint density at radius 1 is 1.30 bits per heavy atom. The highest BCUT2D eigenvalue weighted by atomic mass is 32.1. The minimum Gasteiger partial charge on any atom is -0.340 e. The molecule has 0 aromatic carbocycles. The van der Waals surface area contributed by atoms with Crippen LogP contribution in [0.4, 0.5) is 4.79 Å². The summed E-state index contributed by atoms with van der Waals surface area (Å²) in [5.41, 5.74) is 0. The van der Waals surface area contributed by atoms with Gasteiger partial charge in [0.05, 0.1) is 0 Å². The molecule has 0 unspecified atom stereocenters. The van der Waals surface area contributed by atoms with Gasteiger partial charge >= 0.3 is 5.24 Å². The maximum absolute atomic E-state index is 10.4. The second kappa shape index (κ2) is 3.76. The second-order valence-electron chi connectivity index (χ2n) is 2.77. The number of hydrogen-bond acceptors (Lipinski definition) is 1. The van der Waals surface area contributed by atoms with Gasteiger partial charge in [-0.1, -0.05) is 19.3 Å². The van der Waals surface area contributed by atoms with Gasteiger partial charge in [0.15, 0.2) is 0 Å². The van der Waals surface area contributed by atoms with E-state index in [1.165, 1.54) is 19.3 Å². The van der Waals surface area contributed by atoms with E-state index < -0.39 is 0 Å². The Balaban J connectivity index is 2.19. The van der Waals surface area contributed by atoms with Crippen molar-refractivity contribution >= 4 is 17.9 Å². The Morgan fingerprint density at radius 2 is 1.90 bits per heavy atom. The summed E-state index contributed by atoms with van der Waals surface area (Å²) in [5, 5.41) is 2.46. The van der Waals surface area contributed by atoms with E-state index in [9.17, 15) is 4.79 Å². The first-order valence-electron chi connectivity index (χ1n) is 3.76. The Bertz CT molecular complexity index is 121. The lowest BCUT2D eigenvalue weighted by molar-refractivity contribution is 0.253. The van der Waals surface area contributed by atoms with Crippen molar-refractivity contribution < 1.29 is 4.79 Å². The van der Waals surface area contributed by atoms with Crippen LogP contribution < -0.4 is 5.32 Å². The fourth-order valence-corrected chi connectivity index (χ4v) is 1.58. The maximum Gasteiger partial charge on any atom is 0.310 e. The Kier molecular flexibility index (Phi) is 2.93. The van der Waals surface area contributed by atoms with Crippen molar-refractivity contribution in [1.82, 2.24) is 5.32 Å². The van der Waals surface area contributed by atoms with Crippen molar-refractivity contribution in [1.29, 1.82) is 0 Å². The molecule has 1 aliphatic rings. The summed E-state index contributed by atoms with van der Waals surface area (Å²) in [7, 11) is 0. The van der Waals surface area contributed by atoms with Crippen LogP contribution in [0.25, 0.3) is 0 Å². The number of rotatable bonds is 1. The van der Waals surface area contributed by atoms with Crippen molar-refractivity contribution in [2.75, 3.05) is 0 Å². The molecule has 0 aromatic heterocycles. The molecule has 3 heteroatoms. The lowest BCUT2D eigenvalue weighted by Crippen LogP contribution is -2.32. The van der Waals surface area contributed by atoms with Crippen LogP contribution in [-0.4, -0.2) is 11.3 Å². The lowest BCUT2D eigenvalue weighted by atomic mass is 9.96. The molecule has 0 saturated heterocycles. The molecule has 1 N–H and O–H groups in total. The van der Waals surface area contributed by atoms with Crippen LogP contribution >= 0.6 is 12.6 Å². The third-order valence-corrected chi connectivity index (χ3v) is 2.04. The SMILES string of the molecule is O=C([S])NC1CCCCC1. The maximum atomic E-state index is 10.4. The zero-order valence-corrected chi connectivity index (χ0v) is 6.75. The monoisotopic (exact) mass is 158 g/mol. The van der Waals surface area contributed by atoms with Crippen LogP contribution in [0.5, 0.6) is 0 Å². The third kappa shape index (κ3) is 2.52. The molecule has 0 bridgehead atoms. The molecule has 0 aromatic rings. The fourth-order valence-electron chi connectivity index (χ4n) is 1.41. The summed E-state index contributed by atoms with van der Waals surface area (Å²) in [6, 6.07) is 0.374. The first-order chi connectivity index (χ1) is 4.79. The summed E-state index contributed by atoms with van der Waals surface area (Å²) >= 11 is 4.41. The standard InChI is InChI=1S/C7H12NOS/c9-7(10)8-6-4-2-1-3-5-6/h6H,1-5H2,(H,8,9). The van der Waals surface area contributed by atoms with Gasteiger partial charge in [-0.05, 0) is 25.5 Å². The van der Waals surface area contributed by atoms with Crippen LogP contribution in [0.15, 0.2) is 0 Å². The van der Waals surface area contributed by atoms with Crippen LogP contribution in [0.3, 0.4) is 0 Å². The Labute approximate surface area is 66.8 Å². The molecular weight excluding hydrogens is 146 g/mol. The van der Waals surface area contributed by atoms with Crippen molar-refractivity contribution in [2.45, 2.75) is 38.1 Å². The van der Waals surface area contributed by atoms with Gasteiger partial charge < -0.3 is 5.32 Å². The summed E-state index contributed by atoms with van der Waals surface area (Å²) in [6.07, 6.45) is 6.01. The Hall–Kier alpha value is -0.310. The molecule has 1 fully saturated rings. The molecule has 57 valence electrons. The van der Waals surface area contributed by atoms with Crippen molar-refractivity contribution in [3.63, 3.8) is 0 Å². The highest BCUT2D eigenvalue weighted by molar-refractivity contribution is 7.96. The lowest BCUT2D eigenvalue weighted by Gasteiger charge is -2.20. The summed E-state index contributed by atoms with van der Waals surface area (Å²) < 4.78 is 0. The Morgan fingerprint density at radius 3 is 2.40 bits per heavy atom. The predicted octanol–water partition coefficient (Wildman–Crippen LogP) is 2.23. The molecule has 1 rings (SSSR count). The van der Waals surface area contributed by atoms with E-state index in [2.05, 4.69) is 17.9 Å². The highest BCUT2D eigenvalue weighted by Gasteiger charge is 2.13. The van der Waals surface area contributed by atoms with Crippen LogP contribution in [0, 0.1) is 0 Å². The normalized spacial score (nSPS) is 20.4. The predicted molar refractivity (Wildman–Crippen MR) is 43.0 cm³/mol. The van der Waals surface area contributed by atoms with Crippen LogP contribution in [0.2, 0.25) is 0 Å².